The lowest BCUT2D eigenvalue weighted by Crippen LogP contribution is -2.12. The first-order valence-electron chi connectivity index (χ1n) is 4.32. The molecule has 5 heteroatoms. The molecule has 82 valence electrons. The molecule has 0 aliphatic heterocycles. The molecule has 0 saturated carbocycles. The van der Waals surface area contributed by atoms with Gasteiger partial charge in [-0.05, 0) is 13.0 Å². The zero-order valence-corrected chi connectivity index (χ0v) is 9.48. The fourth-order valence-corrected chi connectivity index (χ4v) is 1.46. The number of rotatable bonds is 3. The van der Waals surface area contributed by atoms with Gasteiger partial charge in [0.1, 0.15) is 0 Å². The maximum absolute atomic E-state index is 13.5. The Bertz CT molecular complexity index is 368. The van der Waals surface area contributed by atoms with E-state index < -0.39 is 12.1 Å². The SMILES string of the molecule is CCOC(=O)C(F)c1cccc(Cl)c1Cl. The Hall–Kier alpha value is -0.800. The number of hydrogen-bond donors (Lipinski definition) is 0. The normalized spacial score (nSPS) is 12.3. The second-order valence-electron chi connectivity index (χ2n) is 2.76. The van der Waals surface area contributed by atoms with Crippen LogP contribution in [0.15, 0.2) is 18.2 Å². The van der Waals surface area contributed by atoms with Gasteiger partial charge in [0.05, 0.1) is 16.7 Å². The van der Waals surface area contributed by atoms with E-state index in [1.165, 1.54) is 18.2 Å². The number of carbonyl (C=O) groups is 1. The van der Waals surface area contributed by atoms with Crippen LogP contribution in [0.1, 0.15) is 18.7 Å². The van der Waals surface area contributed by atoms with Crippen LogP contribution in [0.4, 0.5) is 4.39 Å². The fourth-order valence-electron chi connectivity index (χ4n) is 1.06. The summed E-state index contributed by atoms with van der Waals surface area (Å²) in [5.74, 6) is -0.957. The molecule has 0 heterocycles. The number of ether oxygens (including phenoxy) is 1. The van der Waals surface area contributed by atoms with Crippen LogP contribution in [0.2, 0.25) is 10.0 Å². The second kappa shape index (κ2) is 5.33. The molecule has 0 aromatic heterocycles. The summed E-state index contributed by atoms with van der Waals surface area (Å²) in [6.07, 6.45) is -1.89. The van der Waals surface area contributed by atoms with Crippen LogP contribution in [0.3, 0.4) is 0 Å². The van der Waals surface area contributed by atoms with E-state index in [2.05, 4.69) is 4.74 Å². The average molecular weight is 251 g/mol. The minimum absolute atomic E-state index is 0.0302. The summed E-state index contributed by atoms with van der Waals surface area (Å²) in [5.41, 5.74) is 0.0302. The highest BCUT2D eigenvalue weighted by molar-refractivity contribution is 6.42. The summed E-state index contributed by atoms with van der Waals surface area (Å²) in [5, 5.41) is 0.251. The van der Waals surface area contributed by atoms with E-state index in [1.54, 1.807) is 6.92 Å². The number of esters is 1. The molecule has 15 heavy (non-hydrogen) atoms. The van der Waals surface area contributed by atoms with Crippen LogP contribution < -0.4 is 0 Å². The van der Waals surface area contributed by atoms with Crippen LogP contribution in [-0.2, 0) is 9.53 Å². The standard InChI is InChI=1S/C10H9Cl2FO2/c1-2-15-10(14)9(13)6-4-3-5-7(11)8(6)12/h3-5,9H,2H2,1H3. The Kier molecular flexibility index (Phi) is 4.36. The maximum Gasteiger partial charge on any atom is 0.345 e. The highest BCUT2D eigenvalue weighted by Crippen LogP contribution is 2.32. The number of carbonyl (C=O) groups excluding carboxylic acids is 1. The van der Waals surface area contributed by atoms with Crippen molar-refractivity contribution in [1.82, 2.24) is 0 Å². The topological polar surface area (TPSA) is 26.3 Å². The Labute approximate surface area is 96.9 Å². The number of halogens is 3. The van der Waals surface area contributed by atoms with Gasteiger partial charge in [0.25, 0.3) is 0 Å². The molecule has 1 rings (SSSR count). The van der Waals surface area contributed by atoms with Crippen molar-refractivity contribution < 1.29 is 13.9 Å². The van der Waals surface area contributed by atoms with E-state index in [0.717, 1.165) is 0 Å². The van der Waals surface area contributed by atoms with Crippen LogP contribution in [0.25, 0.3) is 0 Å². The summed E-state index contributed by atoms with van der Waals surface area (Å²) in [4.78, 5) is 11.1. The van der Waals surface area contributed by atoms with Crippen molar-refractivity contribution >= 4 is 29.2 Å². The molecule has 0 spiro atoms. The van der Waals surface area contributed by atoms with Crippen molar-refractivity contribution in [2.24, 2.45) is 0 Å². The predicted molar refractivity (Wildman–Crippen MR) is 56.9 cm³/mol. The Balaban J connectivity index is 2.96. The molecule has 1 aromatic carbocycles. The van der Waals surface area contributed by atoms with Crippen LogP contribution in [0, 0.1) is 0 Å². The largest absolute Gasteiger partial charge is 0.464 e. The number of hydrogen-bond acceptors (Lipinski definition) is 2. The highest BCUT2D eigenvalue weighted by atomic mass is 35.5. The van der Waals surface area contributed by atoms with Crippen molar-refractivity contribution in [3.05, 3.63) is 33.8 Å². The lowest BCUT2D eigenvalue weighted by Gasteiger charge is -2.09. The molecule has 0 aliphatic carbocycles. The lowest BCUT2D eigenvalue weighted by molar-refractivity contribution is -0.149. The second-order valence-corrected chi connectivity index (χ2v) is 3.54. The summed E-state index contributed by atoms with van der Waals surface area (Å²) in [6.45, 7) is 1.72. The van der Waals surface area contributed by atoms with E-state index in [9.17, 15) is 9.18 Å². The lowest BCUT2D eigenvalue weighted by atomic mass is 10.1. The van der Waals surface area contributed by atoms with Crippen LogP contribution in [-0.4, -0.2) is 12.6 Å². The third-order valence-corrected chi connectivity index (χ3v) is 2.58. The van der Waals surface area contributed by atoms with Gasteiger partial charge in [-0.3, -0.25) is 0 Å². The van der Waals surface area contributed by atoms with Gasteiger partial charge in [0, 0.05) is 5.56 Å². The molecule has 0 bridgehead atoms. The summed E-state index contributed by atoms with van der Waals surface area (Å²) in [6, 6.07) is 4.44. The van der Waals surface area contributed by atoms with Crippen LogP contribution in [0.5, 0.6) is 0 Å². The molecule has 1 aromatic rings. The number of benzene rings is 1. The third kappa shape index (κ3) is 2.83. The molecule has 0 fully saturated rings. The van der Waals surface area contributed by atoms with E-state index in [0.29, 0.717) is 0 Å². The van der Waals surface area contributed by atoms with Gasteiger partial charge in [-0.1, -0.05) is 35.3 Å². The quantitative estimate of drug-likeness (QED) is 0.767. The number of alkyl halides is 1. The van der Waals surface area contributed by atoms with Gasteiger partial charge in [-0.2, -0.15) is 0 Å². The van der Waals surface area contributed by atoms with Gasteiger partial charge in [0.2, 0.25) is 6.17 Å². The maximum atomic E-state index is 13.5. The van der Waals surface area contributed by atoms with Crippen LogP contribution >= 0.6 is 23.2 Å². The molecule has 0 amide bonds. The Morgan fingerprint density at radius 3 is 2.80 bits per heavy atom. The summed E-state index contributed by atoms with van der Waals surface area (Å²) < 4.78 is 18.1. The molecule has 0 aliphatic rings. The van der Waals surface area contributed by atoms with Gasteiger partial charge >= 0.3 is 5.97 Å². The van der Waals surface area contributed by atoms with E-state index in [1.807, 2.05) is 0 Å². The first-order chi connectivity index (χ1) is 7.07. The average Bonchev–Trinajstić information content (AvgIpc) is 2.21. The van der Waals surface area contributed by atoms with Gasteiger partial charge < -0.3 is 4.74 Å². The first kappa shape index (κ1) is 12.3. The molecule has 1 unspecified atom stereocenters. The highest BCUT2D eigenvalue weighted by Gasteiger charge is 2.24. The monoisotopic (exact) mass is 250 g/mol. The third-order valence-electron chi connectivity index (χ3n) is 1.75. The molecular weight excluding hydrogens is 242 g/mol. The minimum Gasteiger partial charge on any atom is -0.464 e. The van der Waals surface area contributed by atoms with E-state index >= 15 is 0 Å². The molecule has 0 radical (unpaired) electrons. The fraction of sp³-hybridized carbons (Fsp3) is 0.300. The Morgan fingerprint density at radius 2 is 2.20 bits per heavy atom. The van der Waals surface area contributed by atoms with Gasteiger partial charge in [-0.25, -0.2) is 9.18 Å². The molecule has 1 atom stereocenters. The van der Waals surface area contributed by atoms with E-state index in [-0.39, 0.29) is 22.2 Å². The van der Waals surface area contributed by atoms with Gasteiger partial charge in [0.15, 0.2) is 0 Å². The first-order valence-corrected chi connectivity index (χ1v) is 5.08. The molecule has 0 saturated heterocycles. The minimum atomic E-state index is -1.89. The molecule has 0 N–H and O–H groups in total. The molecule has 2 nitrogen and oxygen atoms in total. The zero-order valence-electron chi connectivity index (χ0n) is 7.97. The zero-order chi connectivity index (χ0) is 11.4. The van der Waals surface area contributed by atoms with Crippen molar-refractivity contribution in [2.75, 3.05) is 6.61 Å². The van der Waals surface area contributed by atoms with Crippen molar-refractivity contribution in [3.8, 4) is 0 Å². The van der Waals surface area contributed by atoms with Crippen molar-refractivity contribution in [2.45, 2.75) is 13.1 Å². The molecular formula is C10H9Cl2FO2. The van der Waals surface area contributed by atoms with Crippen molar-refractivity contribution in [1.29, 1.82) is 0 Å². The summed E-state index contributed by atoms with van der Waals surface area (Å²) >= 11 is 11.4. The predicted octanol–water partition coefficient (Wildman–Crippen LogP) is 3.57. The summed E-state index contributed by atoms with van der Waals surface area (Å²) in [7, 11) is 0. The van der Waals surface area contributed by atoms with Crippen molar-refractivity contribution in [3.63, 3.8) is 0 Å². The smallest absolute Gasteiger partial charge is 0.345 e. The Morgan fingerprint density at radius 1 is 1.53 bits per heavy atom. The van der Waals surface area contributed by atoms with E-state index in [4.69, 9.17) is 23.2 Å². The van der Waals surface area contributed by atoms with Gasteiger partial charge in [-0.15, -0.1) is 0 Å².